The monoisotopic (exact) mass is 337 g/mol. The van der Waals surface area contributed by atoms with Crippen LogP contribution in [-0.4, -0.2) is 7.34 Å². The predicted molar refractivity (Wildman–Crippen MR) is 50.2 cm³/mol. The van der Waals surface area contributed by atoms with Gasteiger partial charge >= 0.3 is 0 Å². The Morgan fingerprint density at radius 3 is 2.12 bits per heavy atom. The molecule has 2 nitrogen and oxygen atoms in total. The quantitative estimate of drug-likeness (QED) is 0.460. The Labute approximate surface area is 75.2 Å². The molecule has 0 aliphatic rings. The van der Waals surface area contributed by atoms with Gasteiger partial charge in [0.05, 0.1) is 0 Å². The molecule has 0 aliphatic carbocycles. The first kappa shape index (κ1) is 8.67. The van der Waals surface area contributed by atoms with Gasteiger partial charge in [0.1, 0.15) is 0 Å². The molecular weight excluding hydrogens is 332 g/mol. The van der Waals surface area contributed by atoms with E-state index in [-0.39, 0.29) is 5.91 Å². The number of halogens is 2. The van der Waals surface area contributed by atoms with E-state index in [0.29, 0.717) is 0 Å². The van der Waals surface area contributed by atoms with Crippen molar-refractivity contribution < 1.29 is 4.79 Å². The molecular formula is C4H5I2NO. The van der Waals surface area contributed by atoms with Crippen molar-refractivity contribution >= 4 is 51.1 Å². The van der Waals surface area contributed by atoms with E-state index in [1.807, 2.05) is 45.2 Å². The topological polar surface area (TPSA) is 43.1 Å². The van der Waals surface area contributed by atoms with Gasteiger partial charge in [-0.1, -0.05) is 51.3 Å². The molecule has 0 bridgehead atoms. The first-order valence-electron chi connectivity index (χ1n) is 1.82. The van der Waals surface area contributed by atoms with Gasteiger partial charge in [0.25, 0.3) is 0 Å². The molecule has 0 aliphatic heterocycles. The highest BCUT2D eigenvalue weighted by atomic mass is 127. The Hall–Kier alpha value is 0.670. The van der Waals surface area contributed by atoms with Crippen LogP contribution < -0.4 is 5.73 Å². The van der Waals surface area contributed by atoms with Crippen molar-refractivity contribution in [2.24, 2.45) is 5.73 Å². The van der Waals surface area contributed by atoms with Crippen LogP contribution >= 0.6 is 45.2 Å². The second-order valence-electron chi connectivity index (χ2n) is 1.19. The minimum atomic E-state index is -0.616. The van der Waals surface area contributed by atoms with E-state index in [1.54, 1.807) is 0 Å². The lowest BCUT2D eigenvalue weighted by Gasteiger charge is -2.07. The summed E-state index contributed by atoms with van der Waals surface area (Å²) in [5, 5.41) is 0. The van der Waals surface area contributed by atoms with Crippen molar-refractivity contribution in [2.45, 2.75) is 1.43 Å². The first-order valence-corrected chi connectivity index (χ1v) is 3.98. The molecule has 2 N–H and O–H groups in total. The number of carbonyl (C=O) groups is 1. The number of amides is 1. The normalized spacial score (nSPS) is 10.8. The van der Waals surface area contributed by atoms with Crippen LogP contribution in [0.2, 0.25) is 0 Å². The smallest absolute Gasteiger partial charge is 0.247 e. The van der Waals surface area contributed by atoms with Crippen molar-refractivity contribution in [3.63, 3.8) is 0 Å². The summed E-state index contributed by atoms with van der Waals surface area (Å²) in [5.74, 6) is -0.367. The molecule has 0 radical (unpaired) electrons. The molecule has 0 fully saturated rings. The van der Waals surface area contributed by atoms with Crippen molar-refractivity contribution in [3.05, 3.63) is 12.7 Å². The summed E-state index contributed by atoms with van der Waals surface area (Å²) in [6.07, 6.45) is 1.51. The Kier molecular flexibility index (Phi) is 3.25. The van der Waals surface area contributed by atoms with E-state index >= 15 is 0 Å². The molecule has 0 unspecified atom stereocenters. The SMILES string of the molecule is C=CC(I)(I)C(N)=O. The van der Waals surface area contributed by atoms with E-state index in [1.165, 1.54) is 6.08 Å². The molecule has 0 heterocycles. The minimum absolute atomic E-state index is 0.367. The minimum Gasteiger partial charge on any atom is -0.368 e. The molecule has 0 saturated carbocycles. The third-order valence-electron chi connectivity index (χ3n) is 0.585. The Morgan fingerprint density at radius 2 is 2.12 bits per heavy atom. The number of hydrogen-bond acceptors (Lipinski definition) is 1. The molecule has 0 aromatic rings. The van der Waals surface area contributed by atoms with E-state index in [2.05, 4.69) is 6.58 Å². The number of primary amides is 1. The highest BCUT2D eigenvalue weighted by Crippen LogP contribution is 2.27. The summed E-state index contributed by atoms with van der Waals surface area (Å²) in [6.45, 7) is 3.44. The van der Waals surface area contributed by atoms with E-state index < -0.39 is 1.43 Å². The summed E-state index contributed by atoms with van der Waals surface area (Å²) in [4.78, 5) is 10.4. The van der Waals surface area contributed by atoms with Crippen molar-refractivity contribution in [1.29, 1.82) is 0 Å². The van der Waals surface area contributed by atoms with Gasteiger partial charge in [-0.15, -0.1) is 6.58 Å². The van der Waals surface area contributed by atoms with Crippen LogP contribution in [0.25, 0.3) is 0 Å². The lowest BCUT2D eigenvalue weighted by atomic mass is 10.4. The summed E-state index contributed by atoms with van der Waals surface area (Å²) in [7, 11) is 0. The van der Waals surface area contributed by atoms with Gasteiger partial charge in [-0.3, -0.25) is 4.79 Å². The maximum absolute atomic E-state index is 10.4. The highest BCUT2D eigenvalue weighted by molar-refractivity contribution is 14.2. The van der Waals surface area contributed by atoms with Gasteiger partial charge in [0, 0.05) is 0 Å². The van der Waals surface area contributed by atoms with Crippen molar-refractivity contribution in [3.8, 4) is 0 Å². The van der Waals surface area contributed by atoms with Crippen LogP contribution in [0.3, 0.4) is 0 Å². The number of hydrogen-bond donors (Lipinski definition) is 1. The second-order valence-corrected chi connectivity index (χ2v) is 6.66. The van der Waals surface area contributed by atoms with Gasteiger partial charge in [-0.25, -0.2) is 0 Å². The number of nitrogens with two attached hydrogens (primary N) is 1. The standard InChI is InChI=1S/C4H5I2NO/c1-2-4(5,6)3(7)8/h2H,1H2,(H2,7,8). The van der Waals surface area contributed by atoms with Crippen LogP contribution in [-0.2, 0) is 4.79 Å². The highest BCUT2D eigenvalue weighted by Gasteiger charge is 2.24. The van der Waals surface area contributed by atoms with Crippen molar-refractivity contribution in [2.75, 3.05) is 0 Å². The van der Waals surface area contributed by atoms with Gasteiger partial charge in [-0.05, 0) is 0 Å². The fourth-order valence-corrected chi connectivity index (χ4v) is 0.101. The van der Waals surface area contributed by atoms with Gasteiger partial charge in [-0.2, -0.15) is 0 Å². The average molecular weight is 337 g/mol. The zero-order valence-corrected chi connectivity index (χ0v) is 8.34. The zero-order chi connectivity index (χ0) is 6.78. The predicted octanol–water partition coefficient (Wildman–Crippen LogP) is 1.22. The van der Waals surface area contributed by atoms with Crippen LogP contribution in [0.15, 0.2) is 12.7 Å². The number of rotatable bonds is 2. The van der Waals surface area contributed by atoms with E-state index in [4.69, 9.17) is 5.73 Å². The third kappa shape index (κ3) is 2.29. The molecule has 0 aromatic carbocycles. The molecule has 0 atom stereocenters. The molecule has 0 saturated heterocycles. The maximum Gasteiger partial charge on any atom is 0.247 e. The summed E-state index contributed by atoms with van der Waals surface area (Å²) < 4.78 is -0.616. The fourth-order valence-electron chi connectivity index (χ4n) is 0.101. The lowest BCUT2D eigenvalue weighted by Crippen LogP contribution is -2.29. The zero-order valence-electron chi connectivity index (χ0n) is 4.03. The van der Waals surface area contributed by atoms with Crippen LogP contribution in [0.1, 0.15) is 0 Å². The Morgan fingerprint density at radius 1 is 1.75 bits per heavy atom. The lowest BCUT2D eigenvalue weighted by molar-refractivity contribution is -0.116. The summed E-state index contributed by atoms with van der Waals surface area (Å²) >= 11 is 3.85. The Balaban J connectivity index is 4.12. The first-order chi connectivity index (χ1) is 3.50. The van der Waals surface area contributed by atoms with Gasteiger partial charge in [0.15, 0.2) is 1.43 Å². The molecule has 8 heavy (non-hydrogen) atoms. The van der Waals surface area contributed by atoms with Crippen LogP contribution in [0.5, 0.6) is 0 Å². The molecule has 46 valence electrons. The third-order valence-corrected chi connectivity index (χ3v) is 2.53. The van der Waals surface area contributed by atoms with E-state index in [0.717, 1.165) is 0 Å². The number of alkyl halides is 2. The average Bonchev–Trinajstić information content (AvgIpc) is 1.67. The van der Waals surface area contributed by atoms with E-state index in [9.17, 15) is 4.79 Å². The molecule has 0 rings (SSSR count). The van der Waals surface area contributed by atoms with Gasteiger partial charge < -0.3 is 5.73 Å². The molecule has 4 heteroatoms. The fraction of sp³-hybridized carbons (Fsp3) is 0.250. The Bertz CT molecular complexity index is 121. The maximum atomic E-state index is 10.4. The molecule has 0 spiro atoms. The molecule has 0 aromatic heterocycles. The largest absolute Gasteiger partial charge is 0.368 e. The summed E-state index contributed by atoms with van der Waals surface area (Å²) in [6, 6.07) is 0. The molecule has 1 amide bonds. The number of carbonyl (C=O) groups excluding carboxylic acids is 1. The van der Waals surface area contributed by atoms with Crippen LogP contribution in [0.4, 0.5) is 0 Å². The van der Waals surface area contributed by atoms with Crippen LogP contribution in [0, 0.1) is 0 Å². The summed E-state index contributed by atoms with van der Waals surface area (Å²) in [5.41, 5.74) is 4.96. The van der Waals surface area contributed by atoms with Gasteiger partial charge in [0.2, 0.25) is 5.91 Å². The van der Waals surface area contributed by atoms with Crippen molar-refractivity contribution in [1.82, 2.24) is 0 Å². The second kappa shape index (κ2) is 3.00.